The normalized spacial score (nSPS) is 42.3. The number of carbonyl (C=O) groups excluding carboxylic acids is 1. The Hall–Kier alpha value is -0.690. The van der Waals surface area contributed by atoms with Crippen LogP contribution in [0.2, 0.25) is 0 Å². The number of methoxy groups -OCH3 is 1. The summed E-state index contributed by atoms with van der Waals surface area (Å²) in [6.45, 7) is 9.54. The van der Waals surface area contributed by atoms with E-state index >= 15 is 0 Å². The monoisotopic (exact) mass is 436 g/mol. The lowest BCUT2D eigenvalue weighted by molar-refractivity contribution is -0.128. The SMILES string of the molecule is CO[C@@H]1C(CC(=O)NCCC2CCCN2C)CC[C@]2(CO2)[C@H]1C1(C)OC1CCC(C)C. The molecule has 4 unspecified atom stereocenters. The number of hydrogen-bond donors (Lipinski definition) is 1. The van der Waals surface area contributed by atoms with Crippen molar-refractivity contribution in [2.24, 2.45) is 17.8 Å². The molecule has 6 heteroatoms. The first kappa shape index (κ1) is 23.5. The standard InChI is InChI=1S/C25H44N2O4/c1-17(2)8-9-20-24(3,31-20)23-22(29-5)18(10-12-25(23)16-30-25)15-21(28)26-13-11-19-7-6-14-27(19)4/h17-20,22-23H,6-16H2,1-5H3,(H,26,28)/t18?,19?,20?,22-,23-,24?,25+/m1/s1. The van der Waals surface area contributed by atoms with E-state index in [1.807, 2.05) is 0 Å². The first-order valence-corrected chi connectivity index (χ1v) is 12.6. The molecule has 3 heterocycles. The molecule has 7 atom stereocenters. The third kappa shape index (κ3) is 4.97. The third-order valence-corrected chi connectivity index (χ3v) is 8.61. The van der Waals surface area contributed by atoms with E-state index in [0.29, 0.717) is 18.4 Å². The molecule has 1 amide bonds. The Kier molecular flexibility index (Phi) is 7.03. The van der Waals surface area contributed by atoms with E-state index in [1.165, 1.54) is 25.8 Å². The van der Waals surface area contributed by atoms with Crippen LogP contribution in [0.1, 0.15) is 72.1 Å². The van der Waals surface area contributed by atoms with Crippen molar-refractivity contribution in [3.8, 4) is 0 Å². The van der Waals surface area contributed by atoms with Crippen molar-refractivity contribution in [3.05, 3.63) is 0 Å². The smallest absolute Gasteiger partial charge is 0.220 e. The molecule has 4 rings (SSSR count). The van der Waals surface area contributed by atoms with Crippen molar-refractivity contribution >= 4 is 5.91 Å². The van der Waals surface area contributed by atoms with Crippen molar-refractivity contribution in [2.45, 2.75) is 102 Å². The predicted molar refractivity (Wildman–Crippen MR) is 121 cm³/mol. The first-order valence-electron chi connectivity index (χ1n) is 12.6. The van der Waals surface area contributed by atoms with E-state index in [9.17, 15) is 4.79 Å². The molecule has 4 aliphatic rings. The molecule has 3 saturated heterocycles. The van der Waals surface area contributed by atoms with Crippen LogP contribution in [0.3, 0.4) is 0 Å². The van der Waals surface area contributed by atoms with Gasteiger partial charge in [0.1, 0.15) is 5.60 Å². The zero-order valence-corrected chi connectivity index (χ0v) is 20.3. The summed E-state index contributed by atoms with van der Waals surface area (Å²) in [7, 11) is 3.99. The molecule has 0 radical (unpaired) electrons. The van der Waals surface area contributed by atoms with Crippen LogP contribution in [-0.2, 0) is 19.0 Å². The van der Waals surface area contributed by atoms with E-state index in [1.54, 1.807) is 7.11 Å². The molecule has 0 bridgehead atoms. The van der Waals surface area contributed by atoms with Gasteiger partial charge >= 0.3 is 0 Å². The topological polar surface area (TPSA) is 66.6 Å². The second-order valence-electron chi connectivity index (χ2n) is 11.2. The summed E-state index contributed by atoms with van der Waals surface area (Å²) in [6, 6.07) is 0.618. The lowest BCUT2D eigenvalue weighted by Gasteiger charge is -2.43. The highest BCUT2D eigenvalue weighted by Gasteiger charge is 2.71. The molecule has 31 heavy (non-hydrogen) atoms. The van der Waals surface area contributed by atoms with E-state index < -0.39 is 0 Å². The number of amides is 1. The fraction of sp³-hybridized carbons (Fsp3) is 0.960. The summed E-state index contributed by atoms with van der Waals surface area (Å²) >= 11 is 0. The number of nitrogens with zero attached hydrogens (tertiary/aromatic N) is 1. The van der Waals surface area contributed by atoms with Gasteiger partial charge < -0.3 is 24.4 Å². The van der Waals surface area contributed by atoms with Gasteiger partial charge in [0.2, 0.25) is 5.91 Å². The van der Waals surface area contributed by atoms with Crippen molar-refractivity contribution < 1.29 is 19.0 Å². The molecule has 1 spiro atoms. The fourth-order valence-electron chi connectivity index (χ4n) is 6.54. The second kappa shape index (κ2) is 9.28. The molecule has 3 aliphatic heterocycles. The number of carbonyl (C=O) groups is 1. The van der Waals surface area contributed by atoms with E-state index in [-0.39, 0.29) is 41.2 Å². The number of nitrogens with one attached hydrogen (secondary N) is 1. The maximum absolute atomic E-state index is 12.8. The molecule has 1 N–H and O–H groups in total. The van der Waals surface area contributed by atoms with Gasteiger partial charge in [0, 0.05) is 32.0 Å². The summed E-state index contributed by atoms with van der Waals surface area (Å²) in [5, 5.41) is 3.19. The lowest BCUT2D eigenvalue weighted by Crippen LogP contribution is -2.53. The molecule has 178 valence electrons. The van der Waals surface area contributed by atoms with Crippen LogP contribution in [0.15, 0.2) is 0 Å². The maximum Gasteiger partial charge on any atom is 0.220 e. The van der Waals surface area contributed by atoms with Gasteiger partial charge in [0.25, 0.3) is 0 Å². The maximum atomic E-state index is 12.8. The summed E-state index contributed by atoms with van der Waals surface area (Å²) in [5.41, 5.74) is -0.281. The molecule has 0 aromatic heterocycles. The third-order valence-electron chi connectivity index (χ3n) is 8.61. The number of likely N-dealkylation sites (tertiary alicyclic amines) is 1. The van der Waals surface area contributed by atoms with Crippen LogP contribution in [0.5, 0.6) is 0 Å². The average molecular weight is 437 g/mol. The van der Waals surface area contributed by atoms with Crippen molar-refractivity contribution in [1.82, 2.24) is 10.2 Å². The minimum atomic E-state index is -0.186. The quantitative estimate of drug-likeness (QED) is 0.532. The summed E-state index contributed by atoms with van der Waals surface area (Å²) in [6.07, 6.45) is 8.68. The Labute approximate surface area is 188 Å². The van der Waals surface area contributed by atoms with Crippen LogP contribution in [0.4, 0.5) is 0 Å². The Morgan fingerprint density at radius 1 is 1.29 bits per heavy atom. The zero-order chi connectivity index (χ0) is 22.2. The average Bonchev–Trinajstić information content (AvgIpc) is 3.59. The number of ether oxygens (including phenoxy) is 3. The van der Waals surface area contributed by atoms with Gasteiger partial charge in [-0.1, -0.05) is 13.8 Å². The van der Waals surface area contributed by atoms with Crippen molar-refractivity contribution in [3.63, 3.8) is 0 Å². The van der Waals surface area contributed by atoms with E-state index in [2.05, 4.69) is 38.0 Å². The Balaban J connectivity index is 1.33. The molecule has 0 aromatic rings. The predicted octanol–water partition coefficient (Wildman–Crippen LogP) is 3.38. The van der Waals surface area contributed by atoms with Crippen LogP contribution in [0.25, 0.3) is 0 Å². The highest BCUT2D eigenvalue weighted by molar-refractivity contribution is 5.76. The summed E-state index contributed by atoms with van der Waals surface area (Å²) in [5.74, 6) is 1.29. The minimum Gasteiger partial charge on any atom is -0.381 e. The molecule has 1 aliphatic carbocycles. The van der Waals surface area contributed by atoms with Gasteiger partial charge in [0.05, 0.1) is 24.4 Å². The highest BCUT2D eigenvalue weighted by Crippen LogP contribution is 2.60. The van der Waals surface area contributed by atoms with Gasteiger partial charge in [-0.2, -0.15) is 0 Å². The Bertz CT molecular complexity index is 637. The summed E-state index contributed by atoms with van der Waals surface area (Å²) in [4.78, 5) is 15.2. The van der Waals surface area contributed by atoms with Gasteiger partial charge in [-0.3, -0.25) is 4.79 Å². The van der Waals surface area contributed by atoms with Crippen molar-refractivity contribution in [2.75, 3.05) is 33.9 Å². The first-order chi connectivity index (χ1) is 14.8. The summed E-state index contributed by atoms with van der Waals surface area (Å²) < 4.78 is 18.5. The van der Waals surface area contributed by atoms with Crippen LogP contribution in [-0.4, -0.2) is 74.1 Å². The van der Waals surface area contributed by atoms with Gasteiger partial charge in [-0.25, -0.2) is 0 Å². The van der Waals surface area contributed by atoms with Gasteiger partial charge in [0.15, 0.2) is 0 Å². The highest BCUT2D eigenvalue weighted by atomic mass is 16.6. The van der Waals surface area contributed by atoms with E-state index in [4.69, 9.17) is 14.2 Å². The lowest BCUT2D eigenvalue weighted by atomic mass is 9.64. The van der Waals surface area contributed by atoms with E-state index in [0.717, 1.165) is 38.8 Å². The van der Waals surface area contributed by atoms with Crippen LogP contribution < -0.4 is 5.32 Å². The molecule has 0 aromatic carbocycles. The zero-order valence-electron chi connectivity index (χ0n) is 20.3. The molecule has 6 nitrogen and oxygen atoms in total. The number of epoxide rings is 2. The molecular formula is C25H44N2O4. The molecular weight excluding hydrogens is 392 g/mol. The fourth-order valence-corrected chi connectivity index (χ4v) is 6.54. The van der Waals surface area contributed by atoms with Crippen molar-refractivity contribution in [1.29, 1.82) is 0 Å². The van der Waals surface area contributed by atoms with Gasteiger partial charge in [-0.05, 0) is 77.3 Å². The minimum absolute atomic E-state index is 0.0111. The van der Waals surface area contributed by atoms with Crippen LogP contribution >= 0.6 is 0 Å². The Morgan fingerprint density at radius 2 is 2.06 bits per heavy atom. The molecule has 4 fully saturated rings. The Morgan fingerprint density at radius 3 is 2.68 bits per heavy atom. The van der Waals surface area contributed by atoms with Gasteiger partial charge in [-0.15, -0.1) is 0 Å². The molecule has 1 saturated carbocycles. The second-order valence-corrected chi connectivity index (χ2v) is 11.2. The number of rotatable bonds is 10. The van der Waals surface area contributed by atoms with Crippen LogP contribution in [0, 0.1) is 17.8 Å². The largest absolute Gasteiger partial charge is 0.381 e. The number of hydrogen-bond acceptors (Lipinski definition) is 5.